The lowest BCUT2D eigenvalue weighted by molar-refractivity contribution is -0.134. The van der Waals surface area contributed by atoms with Crippen LogP contribution in [0.1, 0.15) is 44.3 Å². The smallest absolute Gasteiger partial charge is 0.225 e. The fourth-order valence-corrected chi connectivity index (χ4v) is 4.39. The summed E-state index contributed by atoms with van der Waals surface area (Å²) in [7, 11) is 0. The van der Waals surface area contributed by atoms with Crippen molar-refractivity contribution in [3.05, 3.63) is 24.2 Å². The van der Waals surface area contributed by atoms with E-state index in [2.05, 4.69) is 5.32 Å². The average Bonchev–Trinajstić information content (AvgIpc) is 3.07. The van der Waals surface area contributed by atoms with Crippen LogP contribution in [0.5, 0.6) is 0 Å². The van der Waals surface area contributed by atoms with Crippen LogP contribution in [0.3, 0.4) is 0 Å². The summed E-state index contributed by atoms with van der Waals surface area (Å²) in [5.74, 6) is 1.53. The standard InChI is InChI=1S/C18H24N2O3/c21-16(19-11-14-6-3-9-23-14)15-10-18(15)7-8-20(12-18)17(22)13-4-1-2-5-13/h3,6,9,13,15H,1-2,4-5,7-8,10-12H2,(H,19,21)/t15-,18-/m0/s1. The van der Waals surface area contributed by atoms with Gasteiger partial charge in [-0.1, -0.05) is 12.8 Å². The maximum atomic E-state index is 12.5. The van der Waals surface area contributed by atoms with Gasteiger partial charge < -0.3 is 14.6 Å². The minimum absolute atomic E-state index is 0.0571. The molecule has 4 rings (SSSR count). The maximum Gasteiger partial charge on any atom is 0.225 e. The molecule has 2 heterocycles. The van der Waals surface area contributed by atoms with Gasteiger partial charge in [-0.25, -0.2) is 0 Å². The molecule has 2 atom stereocenters. The fourth-order valence-electron chi connectivity index (χ4n) is 4.39. The van der Waals surface area contributed by atoms with E-state index in [4.69, 9.17) is 4.42 Å². The molecule has 0 bridgehead atoms. The average molecular weight is 316 g/mol. The predicted molar refractivity (Wildman–Crippen MR) is 84.2 cm³/mol. The molecule has 5 nitrogen and oxygen atoms in total. The maximum absolute atomic E-state index is 12.5. The Bertz CT molecular complexity index is 591. The summed E-state index contributed by atoms with van der Waals surface area (Å²) in [5, 5.41) is 2.96. The molecule has 23 heavy (non-hydrogen) atoms. The number of furan rings is 1. The van der Waals surface area contributed by atoms with Crippen LogP contribution in [0.25, 0.3) is 0 Å². The Balaban J connectivity index is 1.29. The highest BCUT2D eigenvalue weighted by molar-refractivity contribution is 5.84. The molecule has 1 aliphatic heterocycles. The van der Waals surface area contributed by atoms with Crippen LogP contribution in [0.15, 0.2) is 22.8 Å². The third-order valence-electron chi connectivity index (χ3n) is 5.92. The van der Waals surface area contributed by atoms with Gasteiger partial charge in [-0.2, -0.15) is 0 Å². The van der Waals surface area contributed by atoms with Crippen LogP contribution in [-0.4, -0.2) is 29.8 Å². The number of amides is 2. The van der Waals surface area contributed by atoms with Gasteiger partial charge in [0, 0.05) is 30.3 Å². The Hall–Kier alpha value is -1.78. The van der Waals surface area contributed by atoms with E-state index in [-0.39, 0.29) is 23.2 Å². The second-order valence-corrected chi connectivity index (χ2v) is 7.41. The number of nitrogens with zero attached hydrogens (tertiary/aromatic N) is 1. The molecule has 2 amide bonds. The summed E-state index contributed by atoms with van der Waals surface area (Å²) in [5.41, 5.74) is 0.0571. The molecule has 1 spiro atoms. The van der Waals surface area contributed by atoms with Crippen LogP contribution in [-0.2, 0) is 16.1 Å². The van der Waals surface area contributed by atoms with E-state index in [1.54, 1.807) is 6.26 Å². The Morgan fingerprint density at radius 3 is 2.91 bits per heavy atom. The van der Waals surface area contributed by atoms with Gasteiger partial charge in [0.2, 0.25) is 11.8 Å². The van der Waals surface area contributed by atoms with Gasteiger partial charge in [0.05, 0.1) is 12.8 Å². The number of nitrogens with one attached hydrogen (secondary N) is 1. The first-order chi connectivity index (χ1) is 11.2. The highest BCUT2D eigenvalue weighted by atomic mass is 16.3. The van der Waals surface area contributed by atoms with E-state index in [0.29, 0.717) is 12.5 Å². The highest BCUT2D eigenvalue weighted by Crippen LogP contribution is 2.58. The van der Waals surface area contributed by atoms with Crippen molar-refractivity contribution in [2.45, 2.75) is 45.1 Å². The minimum Gasteiger partial charge on any atom is -0.467 e. The lowest BCUT2D eigenvalue weighted by Gasteiger charge is -2.20. The topological polar surface area (TPSA) is 62.6 Å². The molecular formula is C18H24N2O3. The van der Waals surface area contributed by atoms with Gasteiger partial charge in [0.1, 0.15) is 5.76 Å². The molecule has 0 radical (unpaired) electrons. The Morgan fingerprint density at radius 2 is 2.17 bits per heavy atom. The number of carbonyl (C=O) groups is 2. The number of hydrogen-bond acceptors (Lipinski definition) is 3. The molecule has 0 aromatic carbocycles. The molecule has 5 heteroatoms. The molecule has 3 fully saturated rings. The van der Waals surface area contributed by atoms with Gasteiger partial charge in [-0.3, -0.25) is 9.59 Å². The minimum atomic E-state index is 0.0571. The predicted octanol–water partition coefficient (Wildman–Crippen LogP) is 2.32. The van der Waals surface area contributed by atoms with Crippen LogP contribution >= 0.6 is 0 Å². The lowest BCUT2D eigenvalue weighted by Crippen LogP contribution is -2.34. The van der Waals surface area contributed by atoms with Crippen LogP contribution in [0, 0.1) is 17.3 Å². The second-order valence-electron chi connectivity index (χ2n) is 7.41. The van der Waals surface area contributed by atoms with Gasteiger partial charge in [0.15, 0.2) is 0 Å². The van der Waals surface area contributed by atoms with Crippen molar-refractivity contribution in [3.8, 4) is 0 Å². The first-order valence-corrected chi connectivity index (χ1v) is 8.77. The first-order valence-electron chi connectivity index (χ1n) is 8.77. The summed E-state index contributed by atoms with van der Waals surface area (Å²) >= 11 is 0. The largest absolute Gasteiger partial charge is 0.467 e. The Morgan fingerprint density at radius 1 is 1.35 bits per heavy atom. The quantitative estimate of drug-likeness (QED) is 0.927. The molecule has 1 N–H and O–H groups in total. The molecule has 1 aromatic heterocycles. The molecule has 2 aliphatic carbocycles. The molecular weight excluding hydrogens is 292 g/mol. The molecule has 1 aromatic rings. The number of hydrogen-bond donors (Lipinski definition) is 1. The van der Waals surface area contributed by atoms with Gasteiger partial charge in [-0.15, -0.1) is 0 Å². The SMILES string of the molecule is O=C(NCc1ccco1)[C@@H]1C[C@]12CCN(C(=O)C1CCCC1)C2. The summed E-state index contributed by atoms with van der Waals surface area (Å²) in [6, 6.07) is 3.68. The van der Waals surface area contributed by atoms with Crippen molar-refractivity contribution in [2.24, 2.45) is 17.3 Å². The number of likely N-dealkylation sites (tertiary alicyclic amines) is 1. The molecule has 0 unspecified atom stereocenters. The van der Waals surface area contributed by atoms with Crippen molar-refractivity contribution in [2.75, 3.05) is 13.1 Å². The van der Waals surface area contributed by atoms with E-state index in [0.717, 1.165) is 44.5 Å². The second kappa shape index (κ2) is 5.69. The van der Waals surface area contributed by atoms with Gasteiger partial charge >= 0.3 is 0 Å². The fraction of sp³-hybridized carbons (Fsp3) is 0.667. The van der Waals surface area contributed by atoms with Crippen molar-refractivity contribution in [1.29, 1.82) is 0 Å². The first kappa shape index (κ1) is 14.8. The van der Waals surface area contributed by atoms with Crippen LogP contribution < -0.4 is 5.32 Å². The van der Waals surface area contributed by atoms with Crippen LogP contribution in [0.4, 0.5) is 0 Å². The third kappa shape index (κ3) is 2.77. The zero-order valence-corrected chi connectivity index (χ0v) is 13.4. The van der Waals surface area contributed by atoms with E-state index in [1.165, 1.54) is 12.8 Å². The summed E-state index contributed by atoms with van der Waals surface area (Å²) in [4.78, 5) is 26.9. The normalized spacial score (nSPS) is 30.1. The summed E-state index contributed by atoms with van der Waals surface area (Å²) in [6.45, 7) is 2.06. The van der Waals surface area contributed by atoms with E-state index in [1.807, 2.05) is 17.0 Å². The van der Waals surface area contributed by atoms with Crippen molar-refractivity contribution in [1.82, 2.24) is 10.2 Å². The third-order valence-corrected chi connectivity index (χ3v) is 5.92. The zero-order valence-electron chi connectivity index (χ0n) is 13.4. The zero-order chi connectivity index (χ0) is 15.9. The Labute approximate surface area is 136 Å². The van der Waals surface area contributed by atoms with Crippen molar-refractivity contribution >= 4 is 11.8 Å². The van der Waals surface area contributed by atoms with Crippen molar-refractivity contribution in [3.63, 3.8) is 0 Å². The van der Waals surface area contributed by atoms with Gasteiger partial charge in [-0.05, 0) is 37.8 Å². The number of carbonyl (C=O) groups excluding carboxylic acids is 2. The van der Waals surface area contributed by atoms with Gasteiger partial charge in [0.25, 0.3) is 0 Å². The molecule has 2 saturated carbocycles. The van der Waals surface area contributed by atoms with E-state index < -0.39 is 0 Å². The number of rotatable bonds is 4. The molecule has 1 saturated heterocycles. The molecule has 124 valence electrons. The highest BCUT2D eigenvalue weighted by Gasteiger charge is 2.61. The van der Waals surface area contributed by atoms with E-state index >= 15 is 0 Å². The molecule has 3 aliphatic rings. The Kier molecular flexibility index (Phi) is 3.66. The van der Waals surface area contributed by atoms with E-state index in [9.17, 15) is 9.59 Å². The lowest BCUT2D eigenvalue weighted by atomic mass is 10.0. The summed E-state index contributed by atoms with van der Waals surface area (Å²) < 4.78 is 5.24. The van der Waals surface area contributed by atoms with Crippen LogP contribution in [0.2, 0.25) is 0 Å². The monoisotopic (exact) mass is 316 g/mol. The van der Waals surface area contributed by atoms with Crippen molar-refractivity contribution < 1.29 is 14.0 Å². The summed E-state index contributed by atoms with van der Waals surface area (Å²) in [6.07, 6.45) is 7.99.